The molecule has 0 saturated carbocycles. The Bertz CT molecular complexity index is 1000. The number of halogens is 1. The lowest BCUT2D eigenvalue weighted by Gasteiger charge is -2.23. The molecule has 0 spiro atoms. The Balaban J connectivity index is 2.15. The van der Waals surface area contributed by atoms with E-state index in [2.05, 4.69) is 23.6 Å². The van der Waals surface area contributed by atoms with Crippen LogP contribution in [0.1, 0.15) is 30.7 Å². The SMILES string of the molecule is COC(=O)C(C)(C)Cc1c(C)c2cc(OC)ccc2n1Cc1ccc(Cl)cc1. The van der Waals surface area contributed by atoms with E-state index in [4.69, 9.17) is 21.1 Å². The van der Waals surface area contributed by atoms with Crippen LogP contribution in [-0.4, -0.2) is 24.8 Å². The summed E-state index contributed by atoms with van der Waals surface area (Å²) in [5, 5.41) is 1.85. The molecule has 0 fully saturated rings. The molecule has 148 valence electrons. The molecule has 3 aromatic rings. The van der Waals surface area contributed by atoms with E-state index in [1.165, 1.54) is 7.11 Å². The largest absolute Gasteiger partial charge is 0.497 e. The van der Waals surface area contributed by atoms with Gasteiger partial charge in [-0.2, -0.15) is 0 Å². The van der Waals surface area contributed by atoms with E-state index >= 15 is 0 Å². The minimum Gasteiger partial charge on any atom is -0.497 e. The number of methoxy groups -OCH3 is 2. The van der Waals surface area contributed by atoms with Crippen molar-refractivity contribution in [3.63, 3.8) is 0 Å². The van der Waals surface area contributed by atoms with Gasteiger partial charge in [0.1, 0.15) is 5.75 Å². The summed E-state index contributed by atoms with van der Waals surface area (Å²) in [6, 6.07) is 14.0. The van der Waals surface area contributed by atoms with Gasteiger partial charge in [-0.1, -0.05) is 23.7 Å². The fourth-order valence-electron chi connectivity index (χ4n) is 3.63. The molecular weight excluding hydrogens is 374 g/mol. The van der Waals surface area contributed by atoms with E-state index in [1.807, 2.05) is 44.2 Å². The molecule has 2 aromatic carbocycles. The van der Waals surface area contributed by atoms with Crippen LogP contribution in [0.5, 0.6) is 5.75 Å². The van der Waals surface area contributed by atoms with Crippen LogP contribution in [0.15, 0.2) is 42.5 Å². The maximum absolute atomic E-state index is 12.3. The predicted molar refractivity (Wildman–Crippen MR) is 113 cm³/mol. The summed E-state index contributed by atoms with van der Waals surface area (Å²) in [7, 11) is 3.10. The molecule has 0 aliphatic heterocycles. The zero-order valence-corrected chi connectivity index (χ0v) is 17.8. The van der Waals surface area contributed by atoms with E-state index in [0.717, 1.165) is 33.5 Å². The number of ether oxygens (including phenoxy) is 2. The summed E-state index contributed by atoms with van der Waals surface area (Å²) in [5.41, 5.74) is 3.90. The Kier molecular flexibility index (Phi) is 5.71. The van der Waals surface area contributed by atoms with E-state index in [-0.39, 0.29) is 5.97 Å². The van der Waals surface area contributed by atoms with Crippen LogP contribution >= 0.6 is 11.6 Å². The molecular formula is C23H26ClNO3. The highest BCUT2D eigenvalue weighted by Gasteiger charge is 2.31. The van der Waals surface area contributed by atoms with Crippen molar-refractivity contribution in [2.45, 2.75) is 33.7 Å². The highest BCUT2D eigenvalue weighted by atomic mass is 35.5. The minimum atomic E-state index is -0.629. The number of nitrogens with zero attached hydrogens (tertiary/aromatic N) is 1. The fraction of sp³-hybridized carbons (Fsp3) is 0.348. The van der Waals surface area contributed by atoms with Crippen LogP contribution in [0.3, 0.4) is 0 Å². The third-order valence-electron chi connectivity index (χ3n) is 5.26. The van der Waals surface area contributed by atoms with Crippen molar-refractivity contribution in [3.05, 3.63) is 64.3 Å². The van der Waals surface area contributed by atoms with E-state index in [1.54, 1.807) is 7.11 Å². The lowest BCUT2D eigenvalue weighted by molar-refractivity contribution is -0.150. The number of hydrogen-bond donors (Lipinski definition) is 0. The van der Waals surface area contributed by atoms with Gasteiger partial charge in [-0.05, 0) is 62.2 Å². The maximum atomic E-state index is 12.3. The normalized spacial score (nSPS) is 11.6. The smallest absolute Gasteiger partial charge is 0.311 e. The molecule has 0 aliphatic rings. The fourth-order valence-corrected chi connectivity index (χ4v) is 3.76. The molecule has 1 heterocycles. The zero-order chi connectivity index (χ0) is 20.5. The van der Waals surface area contributed by atoms with Gasteiger partial charge >= 0.3 is 5.97 Å². The van der Waals surface area contributed by atoms with Gasteiger partial charge in [0.2, 0.25) is 0 Å². The van der Waals surface area contributed by atoms with Gasteiger partial charge in [-0.15, -0.1) is 0 Å². The zero-order valence-electron chi connectivity index (χ0n) is 17.0. The predicted octanol–water partition coefficient (Wildman–Crippen LogP) is 5.40. The Hall–Kier alpha value is -2.46. The molecule has 3 rings (SSSR count). The first kappa shape index (κ1) is 20.3. The molecule has 0 atom stereocenters. The van der Waals surface area contributed by atoms with Crippen molar-refractivity contribution >= 4 is 28.5 Å². The highest BCUT2D eigenvalue weighted by molar-refractivity contribution is 6.30. The Morgan fingerprint density at radius 3 is 2.39 bits per heavy atom. The molecule has 0 radical (unpaired) electrons. The Labute approximate surface area is 171 Å². The van der Waals surface area contributed by atoms with Gasteiger partial charge in [-0.3, -0.25) is 4.79 Å². The van der Waals surface area contributed by atoms with Crippen molar-refractivity contribution in [1.29, 1.82) is 0 Å². The maximum Gasteiger partial charge on any atom is 0.311 e. The summed E-state index contributed by atoms with van der Waals surface area (Å²) in [4.78, 5) is 12.3. The first-order chi connectivity index (χ1) is 13.3. The molecule has 0 amide bonds. The van der Waals surface area contributed by atoms with Gasteiger partial charge in [0.05, 0.1) is 19.6 Å². The summed E-state index contributed by atoms with van der Waals surface area (Å²) in [5.74, 6) is 0.603. The average molecular weight is 400 g/mol. The number of benzene rings is 2. The molecule has 5 heteroatoms. The number of fused-ring (bicyclic) bond motifs is 1. The van der Waals surface area contributed by atoms with Crippen LogP contribution in [0, 0.1) is 12.3 Å². The molecule has 1 aromatic heterocycles. The number of rotatable bonds is 6. The van der Waals surface area contributed by atoms with Crippen LogP contribution in [0.25, 0.3) is 10.9 Å². The van der Waals surface area contributed by atoms with Crippen molar-refractivity contribution in [2.24, 2.45) is 5.41 Å². The second-order valence-corrected chi connectivity index (χ2v) is 8.16. The van der Waals surface area contributed by atoms with Gasteiger partial charge < -0.3 is 14.0 Å². The second kappa shape index (κ2) is 7.88. The Morgan fingerprint density at radius 1 is 1.11 bits per heavy atom. The topological polar surface area (TPSA) is 40.5 Å². The number of esters is 1. The number of aromatic nitrogens is 1. The monoisotopic (exact) mass is 399 g/mol. The van der Waals surface area contributed by atoms with Gasteiger partial charge in [0, 0.05) is 34.6 Å². The average Bonchev–Trinajstić information content (AvgIpc) is 2.93. The van der Waals surface area contributed by atoms with Gasteiger partial charge in [-0.25, -0.2) is 0 Å². The second-order valence-electron chi connectivity index (χ2n) is 7.72. The van der Waals surface area contributed by atoms with Crippen molar-refractivity contribution < 1.29 is 14.3 Å². The molecule has 0 bridgehead atoms. The standard InChI is InChI=1S/C23H26ClNO3/c1-15-19-12-18(27-4)10-11-20(19)25(14-16-6-8-17(24)9-7-16)21(15)13-23(2,3)22(26)28-5/h6-12H,13-14H2,1-5H3. The molecule has 0 saturated heterocycles. The van der Waals surface area contributed by atoms with Crippen molar-refractivity contribution in [2.75, 3.05) is 14.2 Å². The number of hydrogen-bond acceptors (Lipinski definition) is 3. The summed E-state index contributed by atoms with van der Waals surface area (Å²) >= 11 is 6.04. The number of carbonyl (C=O) groups excluding carboxylic acids is 1. The molecule has 4 nitrogen and oxygen atoms in total. The lowest BCUT2D eigenvalue weighted by atomic mass is 9.86. The van der Waals surface area contributed by atoms with Crippen LogP contribution in [0.4, 0.5) is 0 Å². The summed E-state index contributed by atoms with van der Waals surface area (Å²) < 4.78 is 12.7. The summed E-state index contributed by atoms with van der Waals surface area (Å²) in [6.07, 6.45) is 0.579. The van der Waals surface area contributed by atoms with Crippen LogP contribution < -0.4 is 4.74 Å². The lowest BCUT2D eigenvalue weighted by Crippen LogP contribution is -2.29. The van der Waals surface area contributed by atoms with E-state index in [0.29, 0.717) is 18.0 Å². The molecule has 0 unspecified atom stereocenters. The molecule has 0 N–H and O–H groups in total. The highest BCUT2D eigenvalue weighted by Crippen LogP contribution is 2.34. The van der Waals surface area contributed by atoms with E-state index < -0.39 is 5.41 Å². The number of aryl methyl sites for hydroxylation is 1. The quantitative estimate of drug-likeness (QED) is 0.521. The van der Waals surface area contributed by atoms with Crippen molar-refractivity contribution in [1.82, 2.24) is 4.57 Å². The summed E-state index contributed by atoms with van der Waals surface area (Å²) in [6.45, 7) is 6.63. The van der Waals surface area contributed by atoms with Gasteiger partial charge in [0.15, 0.2) is 0 Å². The van der Waals surface area contributed by atoms with Crippen LogP contribution in [0.2, 0.25) is 5.02 Å². The van der Waals surface area contributed by atoms with E-state index in [9.17, 15) is 4.79 Å². The molecule has 0 aliphatic carbocycles. The van der Waals surface area contributed by atoms with Gasteiger partial charge in [0.25, 0.3) is 0 Å². The Morgan fingerprint density at radius 2 is 1.79 bits per heavy atom. The third kappa shape index (κ3) is 3.88. The first-order valence-corrected chi connectivity index (χ1v) is 9.63. The third-order valence-corrected chi connectivity index (χ3v) is 5.51. The van der Waals surface area contributed by atoms with Crippen molar-refractivity contribution in [3.8, 4) is 5.75 Å². The first-order valence-electron chi connectivity index (χ1n) is 9.25. The van der Waals surface area contributed by atoms with Crippen LogP contribution in [-0.2, 0) is 22.5 Å². The number of carbonyl (C=O) groups is 1. The minimum absolute atomic E-state index is 0.215. The molecule has 28 heavy (non-hydrogen) atoms.